The zero-order valence-electron chi connectivity index (χ0n) is 10.6. The van der Waals surface area contributed by atoms with Crippen LogP contribution in [0.4, 0.5) is 4.39 Å². The second kappa shape index (κ2) is 5.43. The lowest BCUT2D eigenvalue weighted by atomic mass is 10.1. The Bertz CT molecular complexity index is 577. The molecule has 0 amide bonds. The van der Waals surface area contributed by atoms with Crippen molar-refractivity contribution in [1.29, 1.82) is 0 Å². The number of hydrogen-bond acceptors (Lipinski definition) is 5. The van der Waals surface area contributed by atoms with Gasteiger partial charge in [0.05, 0.1) is 14.2 Å². The summed E-state index contributed by atoms with van der Waals surface area (Å²) in [5.74, 6) is -0.00216. The van der Waals surface area contributed by atoms with Gasteiger partial charge in [-0.2, -0.15) is 9.97 Å². The van der Waals surface area contributed by atoms with E-state index in [4.69, 9.17) is 9.47 Å². The minimum absolute atomic E-state index is 0.130. The summed E-state index contributed by atoms with van der Waals surface area (Å²) in [5.41, 5.74) is 1.23. The number of halogens is 1. The maximum atomic E-state index is 12.9. The zero-order valence-corrected chi connectivity index (χ0v) is 10.6. The Morgan fingerprint density at radius 1 is 1.00 bits per heavy atom. The minimum atomic E-state index is -0.317. The van der Waals surface area contributed by atoms with Crippen molar-refractivity contribution in [2.75, 3.05) is 14.2 Å². The molecule has 19 heavy (non-hydrogen) atoms. The zero-order chi connectivity index (χ0) is 13.8. The molecule has 0 unspecified atom stereocenters. The molecule has 0 saturated heterocycles. The quantitative estimate of drug-likeness (QED) is 0.843. The van der Waals surface area contributed by atoms with Crippen molar-refractivity contribution < 1.29 is 13.9 Å². The third kappa shape index (κ3) is 2.85. The van der Waals surface area contributed by atoms with Gasteiger partial charge in [0.1, 0.15) is 5.82 Å². The molecule has 1 heterocycles. The first-order valence-electron chi connectivity index (χ1n) is 5.43. The molecule has 0 bridgehead atoms. The molecule has 0 aliphatic heterocycles. The fraction of sp³-hybridized carbons (Fsp3) is 0.154. The van der Waals surface area contributed by atoms with Crippen molar-refractivity contribution in [3.8, 4) is 12.0 Å². The van der Waals surface area contributed by atoms with Crippen LogP contribution in [-0.2, 0) is 0 Å². The van der Waals surface area contributed by atoms with Crippen LogP contribution in [0.25, 0.3) is 5.57 Å². The highest BCUT2D eigenvalue weighted by Crippen LogP contribution is 2.21. The first-order valence-corrected chi connectivity index (χ1v) is 5.43. The van der Waals surface area contributed by atoms with Crippen LogP contribution in [0.15, 0.2) is 30.8 Å². The number of ether oxygens (including phenoxy) is 2. The lowest BCUT2D eigenvalue weighted by Gasteiger charge is -2.07. The average molecular weight is 261 g/mol. The molecular weight excluding hydrogens is 249 g/mol. The van der Waals surface area contributed by atoms with Gasteiger partial charge >= 0.3 is 12.0 Å². The van der Waals surface area contributed by atoms with Gasteiger partial charge in [0.15, 0.2) is 5.82 Å². The Hall–Kier alpha value is -2.50. The maximum Gasteiger partial charge on any atom is 0.322 e. The van der Waals surface area contributed by atoms with Crippen LogP contribution in [-0.4, -0.2) is 29.2 Å². The lowest BCUT2D eigenvalue weighted by molar-refractivity contribution is 0.339. The highest BCUT2D eigenvalue weighted by molar-refractivity contribution is 5.74. The highest BCUT2D eigenvalue weighted by atomic mass is 19.1. The van der Waals surface area contributed by atoms with Crippen molar-refractivity contribution in [3.05, 3.63) is 48.0 Å². The molecule has 0 saturated carbocycles. The minimum Gasteiger partial charge on any atom is -0.467 e. The van der Waals surface area contributed by atoms with E-state index in [0.29, 0.717) is 17.0 Å². The summed E-state index contributed by atoms with van der Waals surface area (Å²) >= 11 is 0. The molecule has 0 fully saturated rings. The van der Waals surface area contributed by atoms with Gasteiger partial charge in [-0.1, -0.05) is 18.7 Å². The third-order valence-corrected chi connectivity index (χ3v) is 2.42. The van der Waals surface area contributed by atoms with Gasteiger partial charge in [0.2, 0.25) is 0 Å². The van der Waals surface area contributed by atoms with Gasteiger partial charge in [-0.3, -0.25) is 0 Å². The van der Waals surface area contributed by atoms with E-state index in [9.17, 15) is 4.39 Å². The van der Waals surface area contributed by atoms with Crippen molar-refractivity contribution in [2.45, 2.75) is 0 Å². The molecule has 0 spiro atoms. The molecule has 5 nitrogen and oxygen atoms in total. The Morgan fingerprint density at radius 3 is 2.00 bits per heavy atom. The van der Waals surface area contributed by atoms with E-state index in [0.717, 1.165) is 0 Å². The van der Waals surface area contributed by atoms with E-state index in [1.807, 2.05) is 0 Å². The van der Waals surface area contributed by atoms with Crippen LogP contribution < -0.4 is 9.47 Å². The van der Waals surface area contributed by atoms with Gasteiger partial charge in [-0.15, -0.1) is 4.98 Å². The van der Waals surface area contributed by atoms with Crippen molar-refractivity contribution in [2.24, 2.45) is 0 Å². The van der Waals surface area contributed by atoms with E-state index < -0.39 is 0 Å². The van der Waals surface area contributed by atoms with E-state index in [-0.39, 0.29) is 17.8 Å². The molecule has 0 radical (unpaired) electrons. The van der Waals surface area contributed by atoms with Crippen LogP contribution in [0.3, 0.4) is 0 Å². The molecule has 0 aliphatic rings. The summed E-state index contributed by atoms with van der Waals surface area (Å²) in [7, 11) is 2.89. The van der Waals surface area contributed by atoms with Gasteiger partial charge < -0.3 is 9.47 Å². The molecule has 2 rings (SSSR count). The van der Waals surface area contributed by atoms with Crippen LogP contribution in [0.2, 0.25) is 0 Å². The van der Waals surface area contributed by atoms with E-state index in [1.54, 1.807) is 12.1 Å². The predicted molar refractivity (Wildman–Crippen MR) is 67.5 cm³/mol. The molecule has 0 aliphatic carbocycles. The number of hydrogen-bond donors (Lipinski definition) is 0. The molecule has 1 aromatic heterocycles. The molecule has 2 aromatic rings. The van der Waals surface area contributed by atoms with E-state index in [2.05, 4.69) is 21.5 Å². The molecule has 1 aromatic carbocycles. The fourth-order valence-electron chi connectivity index (χ4n) is 1.44. The van der Waals surface area contributed by atoms with E-state index >= 15 is 0 Å². The highest BCUT2D eigenvalue weighted by Gasteiger charge is 2.11. The number of benzene rings is 1. The predicted octanol–water partition coefficient (Wildman–Crippen LogP) is 2.09. The van der Waals surface area contributed by atoms with Crippen molar-refractivity contribution in [1.82, 2.24) is 15.0 Å². The third-order valence-electron chi connectivity index (χ3n) is 2.42. The lowest BCUT2D eigenvalue weighted by Crippen LogP contribution is -2.03. The summed E-state index contributed by atoms with van der Waals surface area (Å²) in [6.07, 6.45) is 0. The first-order chi connectivity index (χ1) is 9.13. The SMILES string of the molecule is C=C(c1ccc(F)cc1)c1nc(OC)nc(OC)n1. The molecule has 98 valence electrons. The molecule has 0 atom stereocenters. The second-order valence-electron chi connectivity index (χ2n) is 3.62. The van der Waals surface area contributed by atoms with Crippen LogP contribution in [0.5, 0.6) is 12.0 Å². The summed E-state index contributed by atoms with van der Waals surface area (Å²) in [5, 5.41) is 0. The normalized spacial score (nSPS) is 10.1. The topological polar surface area (TPSA) is 57.1 Å². The van der Waals surface area contributed by atoms with Gasteiger partial charge in [0.25, 0.3) is 0 Å². The van der Waals surface area contributed by atoms with Crippen LogP contribution in [0, 0.1) is 5.82 Å². The Kier molecular flexibility index (Phi) is 3.70. The molecular formula is C13H12FN3O2. The summed E-state index contributed by atoms with van der Waals surface area (Å²) in [6.45, 7) is 3.89. The maximum absolute atomic E-state index is 12.9. The van der Waals surface area contributed by atoms with Crippen molar-refractivity contribution in [3.63, 3.8) is 0 Å². The Labute approximate surface area is 109 Å². The Balaban J connectivity index is 2.40. The summed E-state index contributed by atoms with van der Waals surface area (Å²) in [6, 6.07) is 6.14. The van der Waals surface area contributed by atoms with Crippen molar-refractivity contribution >= 4 is 5.57 Å². The van der Waals surface area contributed by atoms with Crippen LogP contribution in [0.1, 0.15) is 11.4 Å². The monoisotopic (exact) mass is 261 g/mol. The van der Waals surface area contributed by atoms with Gasteiger partial charge in [0, 0.05) is 5.57 Å². The van der Waals surface area contributed by atoms with Crippen LogP contribution >= 0.6 is 0 Å². The Morgan fingerprint density at radius 2 is 1.53 bits per heavy atom. The second-order valence-corrected chi connectivity index (χ2v) is 3.62. The standard InChI is InChI=1S/C13H12FN3O2/c1-8(9-4-6-10(14)7-5-9)11-15-12(18-2)17-13(16-11)19-3/h4-7H,1H2,2-3H3. The largest absolute Gasteiger partial charge is 0.467 e. The summed E-state index contributed by atoms with van der Waals surface area (Å²) in [4.78, 5) is 12.1. The molecule has 0 N–H and O–H groups in total. The first kappa shape index (κ1) is 12.9. The van der Waals surface area contributed by atoms with E-state index in [1.165, 1.54) is 26.4 Å². The number of nitrogens with zero attached hydrogens (tertiary/aromatic N) is 3. The summed E-state index contributed by atoms with van der Waals surface area (Å²) < 4.78 is 22.8. The number of methoxy groups -OCH3 is 2. The molecule has 6 heteroatoms. The fourth-order valence-corrected chi connectivity index (χ4v) is 1.44. The van der Waals surface area contributed by atoms with Gasteiger partial charge in [-0.25, -0.2) is 4.39 Å². The van der Waals surface area contributed by atoms with Gasteiger partial charge in [-0.05, 0) is 17.7 Å². The number of rotatable bonds is 4. The smallest absolute Gasteiger partial charge is 0.322 e. The average Bonchev–Trinajstić information content (AvgIpc) is 2.46. The number of aromatic nitrogens is 3.